The number of hydrogen-bond donors (Lipinski definition) is 1. The lowest BCUT2D eigenvalue weighted by molar-refractivity contribution is -0.139. The largest absolute Gasteiger partial charge is 0.494 e. The minimum absolute atomic E-state index is 0.0397. The second kappa shape index (κ2) is 14.7. The number of nitrogens with zero attached hydrogens (tertiary/aromatic N) is 2. The van der Waals surface area contributed by atoms with E-state index in [1.165, 1.54) is 42.3 Å². The second-order valence-electron chi connectivity index (χ2n) is 10.2. The van der Waals surface area contributed by atoms with E-state index in [0.717, 1.165) is 15.4 Å². The van der Waals surface area contributed by atoms with Crippen molar-refractivity contribution in [2.75, 3.05) is 24.5 Å². The molecule has 0 bridgehead atoms. The van der Waals surface area contributed by atoms with E-state index in [2.05, 4.69) is 5.32 Å². The number of rotatable bonds is 13. The van der Waals surface area contributed by atoms with E-state index in [1.54, 1.807) is 42.5 Å². The molecule has 4 rings (SSSR count). The number of aryl methyl sites for hydroxylation is 1. The number of benzene rings is 4. The van der Waals surface area contributed by atoms with Crippen molar-refractivity contribution < 1.29 is 27.1 Å². The molecule has 0 fully saturated rings. The number of sulfonamides is 1. The van der Waals surface area contributed by atoms with E-state index in [1.807, 2.05) is 44.2 Å². The highest BCUT2D eigenvalue weighted by Crippen LogP contribution is 2.27. The van der Waals surface area contributed by atoms with Crippen LogP contribution < -0.4 is 14.4 Å². The lowest BCUT2D eigenvalue weighted by Crippen LogP contribution is -2.53. The van der Waals surface area contributed by atoms with E-state index in [4.69, 9.17) is 4.74 Å². The van der Waals surface area contributed by atoms with Gasteiger partial charge in [0, 0.05) is 25.6 Å². The summed E-state index contributed by atoms with van der Waals surface area (Å²) in [6.45, 7) is 3.24. The predicted octanol–water partition coefficient (Wildman–Crippen LogP) is 5.11. The van der Waals surface area contributed by atoms with Crippen molar-refractivity contribution in [1.29, 1.82) is 0 Å². The Morgan fingerprint density at radius 1 is 0.886 bits per heavy atom. The number of anilines is 1. The summed E-state index contributed by atoms with van der Waals surface area (Å²) in [4.78, 5) is 28.8. The molecule has 0 saturated carbocycles. The van der Waals surface area contributed by atoms with Crippen LogP contribution in [-0.4, -0.2) is 51.4 Å². The molecule has 10 heteroatoms. The van der Waals surface area contributed by atoms with Gasteiger partial charge >= 0.3 is 0 Å². The molecule has 8 nitrogen and oxygen atoms in total. The number of amides is 2. The molecule has 1 atom stereocenters. The third-order valence-corrected chi connectivity index (χ3v) is 8.93. The van der Waals surface area contributed by atoms with Crippen molar-refractivity contribution in [1.82, 2.24) is 10.2 Å². The lowest BCUT2D eigenvalue weighted by Gasteiger charge is -2.33. The van der Waals surface area contributed by atoms with Crippen LogP contribution in [0.1, 0.15) is 23.6 Å². The molecule has 2 amide bonds. The molecule has 0 saturated heterocycles. The Balaban J connectivity index is 1.78. The number of carbonyl (C=O) groups is 2. The number of likely N-dealkylation sites (N-methyl/N-ethyl adjacent to an activating group) is 1. The third-order valence-electron chi connectivity index (χ3n) is 7.14. The van der Waals surface area contributed by atoms with Gasteiger partial charge in [0.05, 0.1) is 17.2 Å². The molecule has 44 heavy (non-hydrogen) atoms. The molecule has 1 N–H and O–H groups in total. The maximum Gasteiger partial charge on any atom is 0.264 e. The number of nitrogens with one attached hydrogen (secondary N) is 1. The number of hydrogen-bond acceptors (Lipinski definition) is 5. The molecule has 1 unspecified atom stereocenters. The Labute approximate surface area is 258 Å². The summed E-state index contributed by atoms with van der Waals surface area (Å²) >= 11 is 0. The van der Waals surface area contributed by atoms with Crippen molar-refractivity contribution in [3.05, 3.63) is 126 Å². The van der Waals surface area contributed by atoms with Gasteiger partial charge in [-0.2, -0.15) is 0 Å². The van der Waals surface area contributed by atoms with Crippen LogP contribution in [0.5, 0.6) is 5.75 Å². The lowest BCUT2D eigenvalue weighted by atomic mass is 10.0. The SMILES string of the molecule is CCOc1ccc(S(=O)(=O)N(CC(=O)N(Cc2ccccc2F)C(Cc2ccccc2)C(=O)NC)c2ccc(C)cc2)cc1. The van der Waals surface area contributed by atoms with Gasteiger partial charge in [0.2, 0.25) is 11.8 Å². The summed E-state index contributed by atoms with van der Waals surface area (Å²) in [5, 5.41) is 2.61. The first kappa shape index (κ1) is 32.2. The zero-order valence-electron chi connectivity index (χ0n) is 24.9. The maximum atomic E-state index is 14.9. The molecule has 0 aliphatic heterocycles. The van der Waals surface area contributed by atoms with Crippen LogP contribution in [0.4, 0.5) is 10.1 Å². The molecule has 0 radical (unpaired) electrons. The van der Waals surface area contributed by atoms with Gasteiger partial charge in [0.1, 0.15) is 24.2 Å². The summed E-state index contributed by atoms with van der Waals surface area (Å²) in [6.07, 6.45) is 0.136. The molecule has 4 aromatic rings. The molecule has 230 valence electrons. The first-order chi connectivity index (χ1) is 21.1. The molecule has 0 spiro atoms. The highest BCUT2D eigenvalue weighted by molar-refractivity contribution is 7.92. The van der Waals surface area contributed by atoms with E-state index in [0.29, 0.717) is 12.4 Å². The highest BCUT2D eigenvalue weighted by atomic mass is 32.2. The summed E-state index contributed by atoms with van der Waals surface area (Å²) in [7, 11) is -2.80. The van der Waals surface area contributed by atoms with Gasteiger partial charge in [0.25, 0.3) is 10.0 Å². The summed E-state index contributed by atoms with van der Waals surface area (Å²) in [5.41, 5.74) is 2.15. The standard InChI is InChI=1S/C34H36FN3O5S/c1-4-43-29-18-20-30(21-19-29)44(41,42)38(28-16-14-25(2)15-17-28)24-33(39)37(23-27-12-8-9-13-31(27)35)32(34(40)36-3)22-26-10-6-5-7-11-26/h5-21,32H,4,22-24H2,1-3H3,(H,36,40). The van der Waals surface area contributed by atoms with Crippen LogP contribution in [-0.2, 0) is 32.6 Å². The molecule has 0 aromatic heterocycles. The Bertz CT molecular complexity index is 1660. The Morgan fingerprint density at radius 3 is 2.14 bits per heavy atom. The molecular formula is C34H36FN3O5S. The maximum absolute atomic E-state index is 14.9. The van der Waals surface area contributed by atoms with Crippen molar-refractivity contribution in [2.24, 2.45) is 0 Å². The van der Waals surface area contributed by atoms with Crippen LogP contribution in [0.3, 0.4) is 0 Å². The number of ether oxygens (including phenoxy) is 1. The van der Waals surface area contributed by atoms with Crippen LogP contribution in [0, 0.1) is 12.7 Å². The van der Waals surface area contributed by atoms with Gasteiger partial charge in [-0.3, -0.25) is 13.9 Å². The molecule has 0 aliphatic rings. The Morgan fingerprint density at radius 2 is 1.52 bits per heavy atom. The number of halogens is 1. The molecule has 0 aliphatic carbocycles. The van der Waals surface area contributed by atoms with Crippen LogP contribution in [0.25, 0.3) is 0 Å². The van der Waals surface area contributed by atoms with Gasteiger partial charge in [0.15, 0.2) is 0 Å². The minimum atomic E-state index is -4.26. The van der Waals surface area contributed by atoms with Crippen LogP contribution in [0.15, 0.2) is 108 Å². The number of carbonyl (C=O) groups excluding carboxylic acids is 2. The molecular weight excluding hydrogens is 581 g/mol. The van der Waals surface area contributed by atoms with Crippen molar-refractivity contribution in [2.45, 2.75) is 37.8 Å². The topological polar surface area (TPSA) is 96.0 Å². The van der Waals surface area contributed by atoms with Gasteiger partial charge in [-0.1, -0.05) is 66.2 Å². The average molecular weight is 618 g/mol. The normalized spacial score (nSPS) is 11.8. The van der Waals surface area contributed by atoms with E-state index in [-0.39, 0.29) is 29.1 Å². The monoisotopic (exact) mass is 617 g/mol. The van der Waals surface area contributed by atoms with Gasteiger partial charge in [-0.05, 0) is 61.9 Å². The van der Waals surface area contributed by atoms with Crippen molar-refractivity contribution in [3.8, 4) is 5.75 Å². The Hall–Kier alpha value is -4.70. The first-order valence-electron chi connectivity index (χ1n) is 14.2. The second-order valence-corrected chi connectivity index (χ2v) is 12.0. The first-order valence-corrected chi connectivity index (χ1v) is 15.7. The van der Waals surface area contributed by atoms with E-state index >= 15 is 0 Å². The summed E-state index contributed by atoms with van der Waals surface area (Å²) in [5.74, 6) is -1.17. The van der Waals surface area contributed by atoms with Crippen molar-refractivity contribution >= 4 is 27.5 Å². The quantitative estimate of drug-likeness (QED) is 0.225. The summed E-state index contributed by atoms with van der Waals surface area (Å²) in [6, 6.07) is 26.8. The minimum Gasteiger partial charge on any atom is -0.494 e. The summed E-state index contributed by atoms with van der Waals surface area (Å²) < 4.78 is 49.5. The molecule has 0 heterocycles. The van der Waals surface area contributed by atoms with Crippen molar-refractivity contribution in [3.63, 3.8) is 0 Å². The van der Waals surface area contributed by atoms with Gasteiger partial charge in [-0.25, -0.2) is 12.8 Å². The van der Waals surface area contributed by atoms with E-state index in [9.17, 15) is 22.4 Å². The van der Waals surface area contributed by atoms with E-state index < -0.39 is 40.2 Å². The van der Waals surface area contributed by atoms with Crippen LogP contribution >= 0.6 is 0 Å². The van der Waals surface area contributed by atoms with Gasteiger partial charge < -0.3 is 15.0 Å². The van der Waals surface area contributed by atoms with Gasteiger partial charge in [-0.15, -0.1) is 0 Å². The van der Waals surface area contributed by atoms with Crippen LogP contribution in [0.2, 0.25) is 0 Å². The average Bonchev–Trinajstić information content (AvgIpc) is 3.03. The fourth-order valence-electron chi connectivity index (χ4n) is 4.77. The third kappa shape index (κ3) is 7.82. The fourth-order valence-corrected chi connectivity index (χ4v) is 6.19. The zero-order valence-corrected chi connectivity index (χ0v) is 25.8. The predicted molar refractivity (Wildman–Crippen MR) is 168 cm³/mol. The Kier molecular flexibility index (Phi) is 10.7. The zero-order chi connectivity index (χ0) is 31.7. The molecule has 4 aromatic carbocycles. The smallest absolute Gasteiger partial charge is 0.264 e. The fraction of sp³-hybridized carbons (Fsp3) is 0.235. The highest BCUT2D eigenvalue weighted by Gasteiger charge is 2.34.